The molecule has 6 heteroatoms. The van der Waals surface area contributed by atoms with E-state index in [2.05, 4.69) is 10.6 Å². The Labute approximate surface area is 153 Å². The monoisotopic (exact) mass is 362 g/mol. The lowest BCUT2D eigenvalue weighted by molar-refractivity contribution is -0.121. The number of ether oxygens (including phenoxy) is 2. The van der Waals surface area contributed by atoms with E-state index in [4.69, 9.17) is 21.1 Å². The summed E-state index contributed by atoms with van der Waals surface area (Å²) in [5.74, 6) is 1.30. The zero-order valence-corrected chi connectivity index (χ0v) is 15.2. The molecule has 0 fully saturated rings. The predicted molar refractivity (Wildman–Crippen MR) is 99.2 cm³/mol. The maximum atomic E-state index is 11.9. The zero-order chi connectivity index (χ0) is 18.1. The second kappa shape index (κ2) is 9.91. The lowest BCUT2D eigenvalue weighted by Gasteiger charge is -2.11. The highest BCUT2D eigenvalue weighted by atomic mass is 35.5. The molecule has 0 aliphatic heterocycles. The molecule has 25 heavy (non-hydrogen) atoms. The molecule has 0 atom stereocenters. The molecule has 0 saturated heterocycles. The van der Waals surface area contributed by atoms with E-state index < -0.39 is 0 Å². The van der Waals surface area contributed by atoms with Crippen LogP contribution in [-0.2, 0) is 17.9 Å². The summed E-state index contributed by atoms with van der Waals surface area (Å²) in [6, 6.07) is 13.2. The van der Waals surface area contributed by atoms with Crippen molar-refractivity contribution in [2.75, 3.05) is 20.8 Å². The first-order valence-corrected chi connectivity index (χ1v) is 8.43. The fourth-order valence-corrected chi connectivity index (χ4v) is 2.55. The molecule has 0 bridgehead atoms. The summed E-state index contributed by atoms with van der Waals surface area (Å²) in [5, 5.41) is 6.85. The summed E-state index contributed by atoms with van der Waals surface area (Å²) in [7, 11) is 3.18. The molecule has 0 heterocycles. The summed E-state index contributed by atoms with van der Waals surface area (Å²) in [6.07, 6.45) is 0.401. The Balaban J connectivity index is 1.71. The zero-order valence-electron chi connectivity index (χ0n) is 14.5. The second-order valence-electron chi connectivity index (χ2n) is 5.48. The number of nitrogens with one attached hydrogen (secondary N) is 2. The minimum atomic E-state index is -0.0126. The number of hydrogen-bond donors (Lipinski definition) is 2. The molecule has 2 aromatic rings. The van der Waals surface area contributed by atoms with Crippen LogP contribution in [0, 0.1) is 0 Å². The smallest absolute Gasteiger partial charge is 0.221 e. The number of hydrogen-bond acceptors (Lipinski definition) is 4. The van der Waals surface area contributed by atoms with Gasteiger partial charge in [0.2, 0.25) is 5.91 Å². The Bertz CT molecular complexity index is 707. The van der Waals surface area contributed by atoms with Gasteiger partial charge >= 0.3 is 0 Å². The highest BCUT2D eigenvalue weighted by molar-refractivity contribution is 6.31. The molecule has 0 spiro atoms. The van der Waals surface area contributed by atoms with Crippen molar-refractivity contribution in [2.24, 2.45) is 0 Å². The highest BCUT2D eigenvalue weighted by Crippen LogP contribution is 2.27. The fourth-order valence-electron chi connectivity index (χ4n) is 2.35. The molecule has 2 aromatic carbocycles. The Morgan fingerprint density at radius 3 is 2.52 bits per heavy atom. The van der Waals surface area contributed by atoms with Crippen molar-refractivity contribution < 1.29 is 14.3 Å². The normalized spacial score (nSPS) is 10.4. The lowest BCUT2D eigenvalue weighted by Crippen LogP contribution is -2.27. The average Bonchev–Trinajstić information content (AvgIpc) is 2.64. The van der Waals surface area contributed by atoms with E-state index in [1.165, 1.54) is 0 Å². The second-order valence-corrected chi connectivity index (χ2v) is 5.89. The molecule has 2 N–H and O–H groups in total. The summed E-state index contributed by atoms with van der Waals surface area (Å²) >= 11 is 6.09. The van der Waals surface area contributed by atoms with Gasteiger partial charge in [-0.2, -0.15) is 0 Å². The first-order chi connectivity index (χ1) is 12.1. The fraction of sp³-hybridized carbons (Fsp3) is 0.316. The minimum Gasteiger partial charge on any atom is -0.493 e. The molecule has 0 saturated carbocycles. The topological polar surface area (TPSA) is 59.6 Å². The number of carbonyl (C=O) groups is 1. The van der Waals surface area contributed by atoms with E-state index in [9.17, 15) is 4.79 Å². The van der Waals surface area contributed by atoms with Crippen LogP contribution in [0.1, 0.15) is 17.5 Å². The summed E-state index contributed by atoms with van der Waals surface area (Å²) in [5.41, 5.74) is 1.98. The van der Waals surface area contributed by atoms with Gasteiger partial charge in [-0.1, -0.05) is 35.9 Å². The van der Waals surface area contributed by atoms with Gasteiger partial charge in [-0.05, 0) is 29.3 Å². The molecule has 0 radical (unpaired) electrons. The summed E-state index contributed by atoms with van der Waals surface area (Å²) < 4.78 is 10.5. The van der Waals surface area contributed by atoms with Gasteiger partial charge in [-0.3, -0.25) is 4.79 Å². The van der Waals surface area contributed by atoms with Crippen LogP contribution in [-0.4, -0.2) is 26.7 Å². The SMILES string of the molecule is COc1ccc(CNC(=O)CCNCc2ccccc2Cl)cc1OC. The van der Waals surface area contributed by atoms with E-state index in [1.54, 1.807) is 14.2 Å². The van der Waals surface area contributed by atoms with Crippen molar-refractivity contribution in [3.8, 4) is 11.5 Å². The lowest BCUT2D eigenvalue weighted by atomic mass is 10.2. The van der Waals surface area contributed by atoms with Gasteiger partial charge in [0.1, 0.15) is 0 Å². The number of amides is 1. The van der Waals surface area contributed by atoms with E-state index in [0.29, 0.717) is 37.6 Å². The third kappa shape index (κ3) is 5.96. The number of halogens is 1. The molecule has 134 valence electrons. The Morgan fingerprint density at radius 1 is 1.04 bits per heavy atom. The van der Waals surface area contributed by atoms with Crippen molar-refractivity contribution in [2.45, 2.75) is 19.5 Å². The van der Waals surface area contributed by atoms with Crippen molar-refractivity contribution in [3.63, 3.8) is 0 Å². The molecule has 0 aliphatic rings. The van der Waals surface area contributed by atoms with Crippen molar-refractivity contribution in [1.29, 1.82) is 0 Å². The maximum Gasteiger partial charge on any atom is 0.221 e. The van der Waals surface area contributed by atoms with Crippen LogP contribution in [0.2, 0.25) is 5.02 Å². The first kappa shape index (κ1) is 19.1. The number of carbonyl (C=O) groups excluding carboxylic acids is 1. The third-order valence-electron chi connectivity index (χ3n) is 3.74. The summed E-state index contributed by atoms with van der Waals surface area (Å²) in [4.78, 5) is 11.9. The Hall–Kier alpha value is -2.24. The van der Waals surface area contributed by atoms with Crippen LogP contribution in [0.3, 0.4) is 0 Å². The van der Waals surface area contributed by atoms with E-state index in [-0.39, 0.29) is 5.91 Å². The molecule has 1 amide bonds. The number of rotatable bonds is 9. The van der Waals surface area contributed by atoms with Crippen LogP contribution >= 0.6 is 11.6 Å². The van der Waals surface area contributed by atoms with E-state index in [1.807, 2.05) is 42.5 Å². The van der Waals surface area contributed by atoms with Crippen molar-refractivity contribution >= 4 is 17.5 Å². The number of benzene rings is 2. The summed E-state index contributed by atoms with van der Waals surface area (Å²) in [6.45, 7) is 1.68. The van der Waals surface area contributed by atoms with Crippen LogP contribution in [0.5, 0.6) is 11.5 Å². The molecule has 5 nitrogen and oxygen atoms in total. The van der Waals surface area contributed by atoms with Crippen LogP contribution < -0.4 is 20.1 Å². The molecule has 0 unspecified atom stereocenters. The average molecular weight is 363 g/mol. The highest BCUT2D eigenvalue weighted by Gasteiger charge is 2.06. The Morgan fingerprint density at radius 2 is 1.80 bits per heavy atom. The largest absolute Gasteiger partial charge is 0.493 e. The van der Waals surface area contributed by atoms with Gasteiger partial charge in [0, 0.05) is 31.1 Å². The van der Waals surface area contributed by atoms with Gasteiger partial charge in [0.05, 0.1) is 14.2 Å². The quantitative estimate of drug-likeness (QED) is 0.673. The van der Waals surface area contributed by atoms with Gasteiger partial charge < -0.3 is 20.1 Å². The molecular formula is C19H23ClN2O3. The minimum absolute atomic E-state index is 0.0126. The van der Waals surface area contributed by atoms with E-state index >= 15 is 0 Å². The van der Waals surface area contributed by atoms with Crippen molar-refractivity contribution in [3.05, 3.63) is 58.6 Å². The standard InChI is InChI=1S/C19H23ClN2O3/c1-24-17-8-7-14(11-18(17)25-2)12-22-19(23)9-10-21-13-15-5-3-4-6-16(15)20/h3-8,11,21H,9-10,12-13H2,1-2H3,(H,22,23). The van der Waals surface area contributed by atoms with Crippen LogP contribution in [0.25, 0.3) is 0 Å². The first-order valence-electron chi connectivity index (χ1n) is 8.05. The maximum absolute atomic E-state index is 11.9. The van der Waals surface area contributed by atoms with Gasteiger partial charge in [0.25, 0.3) is 0 Å². The van der Waals surface area contributed by atoms with Crippen molar-refractivity contribution in [1.82, 2.24) is 10.6 Å². The Kier molecular flexibility index (Phi) is 7.57. The molecule has 2 rings (SSSR count). The van der Waals surface area contributed by atoms with Crippen LogP contribution in [0.4, 0.5) is 0 Å². The van der Waals surface area contributed by atoms with Crippen LogP contribution in [0.15, 0.2) is 42.5 Å². The third-order valence-corrected chi connectivity index (χ3v) is 4.11. The van der Waals surface area contributed by atoms with E-state index in [0.717, 1.165) is 16.1 Å². The van der Waals surface area contributed by atoms with Gasteiger partial charge in [-0.15, -0.1) is 0 Å². The molecule has 0 aliphatic carbocycles. The van der Waals surface area contributed by atoms with Gasteiger partial charge in [-0.25, -0.2) is 0 Å². The molecular weight excluding hydrogens is 340 g/mol. The molecule has 0 aromatic heterocycles. The number of methoxy groups -OCH3 is 2. The predicted octanol–water partition coefficient (Wildman–Crippen LogP) is 3.15. The van der Waals surface area contributed by atoms with Gasteiger partial charge in [0.15, 0.2) is 11.5 Å².